The third-order valence-electron chi connectivity index (χ3n) is 2.75. The van der Waals surface area contributed by atoms with Gasteiger partial charge in [-0.25, -0.2) is 0 Å². The van der Waals surface area contributed by atoms with Crippen molar-refractivity contribution in [3.8, 4) is 0 Å². The Balaban J connectivity index is 2.64. The predicted molar refractivity (Wildman–Crippen MR) is 57.8 cm³/mol. The Hall–Kier alpha value is 0.310. The Morgan fingerprint density at radius 1 is 1.25 bits per heavy atom. The van der Waals surface area contributed by atoms with Gasteiger partial charge in [-0.15, -0.1) is 0 Å². The molecule has 0 saturated carbocycles. The van der Waals surface area contributed by atoms with Gasteiger partial charge >= 0.3 is 0 Å². The van der Waals surface area contributed by atoms with Crippen LogP contribution in [0.25, 0.3) is 0 Å². The van der Waals surface area contributed by atoms with Crippen molar-refractivity contribution in [1.29, 1.82) is 0 Å². The molecule has 1 heterocycles. The summed E-state index contributed by atoms with van der Waals surface area (Å²) in [4.78, 5) is 2.62. The topological polar surface area (TPSA) is 3.24 Å². The van der Waals surface area contributed by atoms with Gasteiger partial charge in [-0.3, -0.25) is 4.90 Å². The fraction of sp³-hybridized carbons (Fsp3) is 1.00. The van der Waals surface area contributed by atoms with Gasteiger partial charge in [0.05, 0.1) is 0 Å². The quantitative estimate of drug-likeness (QED) is 0.573. The molecule has 2 unspecified atom stereocenters. The molecular weight excluding hydrogens is 166 g/mol. The van der Waals surface area contributed by atoms with E-state index < -0.39 is 0 Å². The smallest absolute Gasteiger partial charge is 0.0189 e. The molecule has 1 aliphatic heterocycles. The molecule has 0 aromatic carbocycles. The lowest BCUT2D eigenvalue weighted by Crippen LogP contribution is -2.53. The van der Waals surface area contributed by atoms with Gasteiger partial charge in [-0.1, -0.05) is 6.92 Å². The summed E-state index contributed by atoms with van der Waals surface area (Å²) in [6.07, 6.45) is 0. The second-order valence-corrected chi connectivity index (χ2v) is 6.17. The molecule has 0 aromatic heterocycles. The van der Waals surface area contributed by atoms with E-state index in [4.69, 9.17) is 0 Å². The number of hydrogen-bond acceptors (Lipinski definition) is 2. The summed E-state index contributed by atoms with van der Waals surface area (Å²) in [7, 11) is 0. The number of rotatable bonds is 0. The molecule has 72 valence electrons. The minimum atomic E-state index is 0.342. The zero-order valence-electron chi connectivity index (χ0n) is 8.92. The Labute approximate surface area is 80.9 Å². The maximum atomic E-state index is 2.62. The van der Waals surface area contributed by atoms with Crippen molar-refractivity contribution in [3.05, 3.63) is 0 Å². The monoisotopic (exact) mass is 187 g/mol. The molecule has 1 saturated heterocycles. The largest absolute Gasteiger partial charge is 0.294 e. The average molecular weight is 187 g/mol. The molecule has 2 atom stereocenters. The van der Waals surface area contributed by atoms with Crippen LogP contribution >= 0.6 is 11.8 Å². The van der Waals surface area contributed by atoms with Crippen LogP contribution in [0.1, 0.15) is 34.6 Å². The second kappa shape index (κ2) is 3.59. The van der Waals surface area contributed by atoms with E-state index in [9.17, 15) is 0 Å². The highest BCUT2D eigenvalue weighted by molar-refractivity contribution is 8.00. The fourth-order valence-electron chi connectivity index (χ4n) is 1.88. The van der Waals surface area contributed by atoms with Crippen LogP contribution in [0.3, 0.4) is 0 Å². The van der Waals surface area contributed by atoms with E-state index >= 15 is 0 Å². The van der Waals surface area contributed by atoms with Gasteiger partial charge in [-0.05, 0) is 27.7 Å². The van der Waals surface area contributed by atoms with Crippen molar-refractivity contribution < 1.29 is 0 Å². The minimum absolute atomic E-state index is 0.342. The van der Waals surface area contributed by atoms with Crippen LogP contribution < -0.4 is 0 Å². The van der Waals surface area contributed by atoms with Gasteiger partial charge in [0, 0.05) is 29.1 Å². The molecular formula is C10H21NS. The lowest BCUT2D eigenvalue weighted by Gasteiger charge is -2.45. The van der Waals surface area contributed by atoms with Crippen LogP contribution in [0, 0.1) is 0 Å². The summed E-state index contributed by atoms with van der Waals surface area (Å²) in [5, 5.41) is 0.790. The van der Waals surface area contributed by atoms with E-state index in [1.54, 1.807) is 0 Å². The van der Waals surface area contributed by atoms with Crippen molar-refractivity contribution >= 4 is 11.8 Å². The van der Waals surface area contributed by atoms with Gasteiger partial charge in [-0.2, -0.15) is 11.8 Å². The van der Waals surface area contributed by atoms with Gasteiger partial charge in [0.2, 0.25) is 0 Å². The maximum absolute atomic E-state index is 2.62. The van der Waals surface area contributed by atoms with Crippen LogP contribution in [0.15, 0.2) is 0 Å². The molecule has 1 nitrogen and oxygen atoms in total. The normalized spacial score (nSPS) is 33.8. The van der Waals surface area contributed by atoms with Crippen molar-refractivity contribution in [2.75, 3.05) is 12.3 Å². The van der Waals surface area contributed by atoms with E-state index in [1.807, 2.05) is 0 Å². The Bertz CT molecular complexity index is 150. The molecule has 0 aliphatic carbocycles. The summed E-state index contributed by atoms with van der Waals surface area (Å²) in [5.41, 5.74) is 0.342. The first kappa shape index (κ1) is 10.4. The van der Waals surface area contributed by atoms with Crippen LogP contribution in [0.4, 0.5) is 0 Å². The van der Waals surface area contributed by atoms with Crippen LogP contribution in [-0.2, 0) is 0 Å². The number of nitrogens with zero attached hydrogens (tertiary/aromatic N) is 1. The Kier molecular flexibility index (Phi) is 3.11. The molecule has 1 rings (SSSR count). The maximum Gasteiger partial charge on any atom is 0.0189 e. The molecule has 2 heteroatoms. The van der Waals surface area contributed by atoms with E-state index in [-0.39, 0.29) is 0 Å². The zero-order chi connectivity index (χ0) is 9.35. The molecule has 1 aliphatic rings. The van der Waals surface area contributed by atoms with Gasteiger partial charge in [0.1, 0.15) is 0 Å². The highest BCUT2D eigenvalue weighted by Gasteiger charge is 2.32. The van der Waals surface area contributed by atoms with E-state index in [1.165, 1.54) is 12.3 Å². The van der Waals surface area contributed by atoms with E-state index in [0.29, 0.717) is 5.54 Å². The second-order valence-electron chi connectivity index (χ2n) is 4.68. The first-order valence-electron chi connectivity index (χ1n) is 4.81. The molecule has 12 heavy (non-hydrogen) atoms. The third-order valence-corrected chi connectivity index (χ3v) is 4.08. The molecule has 0 bridgehead atoms. The molecule has 1 fully saturated rings. The number of thioether (sulfide) groups is 1. The standard InChI is InChI=1S/C10H21NS/c1-8-9(2)12-7-6-11(8)10(3,4)5/h8-9H,6-7H2,1-5H3. The van der Waals surface area contributed by atoms with Crippen LogP contribution in [0.2, 0.25) is 0 Å². The summed E-state index contributed by atoms with van der Waals surface area (Å²) >= 11 is 2.10. The summed E-state index contributed by atoms with van der Waals surface area (Å²) in [6, 6.07) is 0.726. The van der Waals surface area contributed by atoms with Gasteiger partial charge < -0.3 is 0 Å². The summed E-state index contributed by atoms with van der Waals surface area (Å²) in [5.74, 6) is 1.29. The molecule has 0 radical (unpaired) electrons. The average Bonchev–Trinajstić information content (AvgIpc) is 1.92. The van der Waals surface area contributed by atoms with Crippen molar-refractivity contribution in [2.24, 2.45) is 0 Å². The Morgan fingerprint density at radius 2 is 1.83 bits per heavy atom. The number of hydrogen-bond donors (Lipinski definition) is 0. The van der Waals surface area contributed by atoms with Crippen LogP contribution in [0.5, 0.6) is 0 Å². The zero-order valence-corrected chi connectivity index (χ0v) is 9.74. The minimum Gasteiger partial charge on any atom is -0.294 e. The third kappa shape index (κ3) is 2.17. The molecule has 0 amide bonds. The van der Waals surface area contributed by atoms with Crippen molar-refractivity contribution in [1.82, 2.24) is 4.90 Å². The summed E-state index contributed by atoms with van der Waals surface area (Å²) in [6.45, 7) is 12.9. The Morgan fingerprint density at radius 3 is 2.25 bits per heavy atom. The lowest BCUT2D eigenvalue weighted by molar-refractivity contribution is 0.0943. The predicted octanol–water partition coefficient (Wildman–Crippen LogP) is 2.61. The fourth-order valence-corrected chi connectivity index (χ4v) is 2.98. The SMILES string of the molecule is CC1SCCN(C(C)(C)C)C1C. The first-order valence-corrected chi connectivity index (χ1v) is 5.86. The van der Waals surface area contributed by atoms with Gasteiger partial charge in [0.15, 0.2) is 0 Å². The van der Waals surface area contributed by atoms with Crippen LogP contribution in [-0.4, -0.2) is 34.0 Å². The molecule has 0 spiro atoms. The lowest BCUT2D eigenvalue weighted by atomic mass is 10.0. The summed E-state index contributed by atoms with van der Waals surface area (Å²) < 4.78 is 0. The van der Waals surface area contributed by atoms with E-state index in [2.05, 4.69) is 51.3 Å². The van der Waals surface area contributed by atoms with Crippen molar-refractivity contribution in [2.45, 2.75) is 51.4 Å². The van der Waals surface area contributed by atoms with E-state index in [0.717, 1.165) is 11.3 Å². The first-order chi connectivity index (χ1) is 5.43. The van der Waals surface area contributed by atoms with Gasteiger partial charge in [0.25, 0.3) is 0 Å². The molecule has 0 N–H and O–H groups in total. The van der Waals surface area contributed by atoms with Crippen molar-refractivity contribution in [3.63, 3.8) is 0 Å². The highest BCUT2D eigenvalue weighted by Crippen LogP contribution is 2.29. The molecule has 0 aromatic rings. The highest BCUT2D eigenvalue weighted by atomic mass is 32.2.